The van der Waals surface area contributed by atoms with E-state index in [2.05, 4.69) is 15.5 Å². The molecule has 8 nitrogen and oxygen atoms in total. The molecule has 0 bridgehead atoms. The van der Waals surface area contributed by atoms with Crippen molar-refractivity contribution in [2.24, 2.45) is 5.14 Å². The van der Waals surface area contributed by atoms with E-state index >= 15 is 0 Å². The summed E-state index contributed by atoms with van der Waals surface area (Å²) in [6.45, 7) is 0.529. The summed E-state index contributed by atoms with van der Waals surface area (Å²) in [6, 6.07) is 4.26. The first-order chi connectivity index (χ1) is 8.97. The van der Waals surface area contributed by atoms with Crippen molar-refractivity contribution in [3.05, 3.63) is 30.4 Å². The first-order valence-electron chi connectivity index (χ1n) is 5.38. The fourth-order valence-corrected chi connectivity index (χ4v) is 2.04. The molecule has 0 radical (unpaired) electrons. The van der Waals surface area contributed by atoms with Crippen LogP contribution in [0.25, 0.3) is 0 Å². The van der Waals surface area contributed by atoms with Gasteiger partial charge in [0.2, 0.25) is 15.9 Å². The number of nitrogens with two attached hydrogens (primary N) is 2. The predicted molar refractivity (Wildman–Crippen MR) is 68.7 cm³/mol. The molecule has 2 aromatic rings. The van der Waals surface area contributed by atoms with Crippen LogP contribution in [0.2, 0.25) is 0 Å². The molecule has 19 heavy (non-hydrogen) atoms. The number of aromatic nitrogens is 2. The van der Waals surface area contributed by atoms with E-state index in [9.17, 15) is 8.42 Å². The van der Waals surface area contributed by atoms with Crippen LogP contribution in [0.15, 0.2) is 33.9 Å². The Labute approximate surface area is 109 Å². The third-order valence-corrected chi connectivity index (χ3v) is 3.32. The summed E-state index contributed by atoms with van der Waals surface area (Å²) in [5.41, 5.74) is 6.66. The second-order valence-electron chi connectivity index (χ2n) is 3.81. The minimum atomic E-state index is -3.74. The molecule has 0 aliphatic heterocycles. The van der Waals surface area contributed by atoms with Crippen LogP contribution in [0.4, 0.5) is 11.4 Å². The van der Waals surface area contributed by atoms with Gasteiger partial charge in [0.15, 0.2) is 6.33 Å². The van der Waals surface area contributed by atoms with Gasteiger partial charge in [-0.15, -0.1) is 0 Å². The number of nitrogen functional groups attached to an aromatic ring is 1. The van der Waals surface area contributed by atoms with Gasteiger partial charge in [-0.2, -0.15) is 4.98 Å². The van der Waals surface area contributed by atoms with Crippen LogP contribution in [0, 0.1) is 0 Å². The van der Waals surface area contributed by atoms with E-state index in [1.807, 2.05) is 0 Å². The van der Waals surface area contributed by atoms with Crippen LogP contribution in [0.1, 0.15) is 5.89 Å². The minimum absolute atomic E-state index is 0.0209. The van der Waals surface area contributed by atoms with Gasteiger partial charge in [-0.3, -0.25) is 0 Å². The molecule has 0 fully saturated rings. The van der Waals surface area contributed by atoms with Crippen molar-refractivity contribution in [1.82, 2.24) is 10.1 Å². The summed E-state index contributed by atoms with van der Waals surface area (Å²) >= 11 is 0. The van der Waals surface area contributed by atoms with E-state index in [1.165, 1.54) is 18.5 Å². The fourth-order valence-electron chi connectivity index (χ4n) is 1.49. The van der Waals surface area contributed by atoms with Crippen molar-refractivity contribution in [1.29, 1.82) is 0 Å². The van der Waals surface area contributed by atoms with Gasteiger partial charge in [-0.25, -0.2) is 13.6 Å². The smallest absolute Gasteiger partial charge is 0.238 e. The Bertz CT molecular complexity index is 654. The number of primary sulfonamides is 1. The van der Waals surface area contributed by atoms with Gasteiger partial charge in [0.05, 0.1) is 16.3 Å². The van der Waals surface area contributed by atoms with E-state index < -0.39 is 10.0 Å². The van der Waals surface area contributed by atoms with Crippen molar-refractivity contribution in [2.45, 2.75) is 11.3 Å². The Kier molecular flexibility index (Phi) is 3.67. The normalized spacial score (nSPS) is 11.4. The van der Waals surface area contributed by atoms with Crippen molar-refractivity contribution in [3.63, 3.8) is 0 Å². The maximum atomic E-state index is 11.1. The number of hydrogen-bond acceptors (Lipinski definition) is 7. The molecule has 5 N–H and O–H groups in total. The van der Waals surface area contributed by atoms with Crippen LogP contribution in [0.5, 0.6) is 0 Å². The Morgan fingerprint density at radius 3 is 2.74 bits per heavy atom. The maximum absolute atomic E-state index is 11.1. The fraction of sp³-hybridized carbons (Fsp3) is 0.200. The largest absolute Gasteiger partial charge is 0.397 e. The standard InChI is InChI=1S/C10H13N5O3S/c11-8-5-7(19(12,16)17)1-2-9(8)13-4-3-10-14-6-15-18-10/h1-2,5-6,13H,3-4,11H2,(H2,12,16,17). The van der Waals surface area contributed by atoms with E-state index in [0.29, 0.717) is 30.2 Å². The highest BCUT2D eigenvalue weighted by atomic mass is 32.2. The van der Waals surface area contributed by atoms with Gasteiger partial charge in [0.1, 0.15) is 0 Å². The lowest BCUT2D eigenvalue weighted by molar-refractivity contribution is 0.380. The van der Waals surface area contributed by atoms with Gasteiger partial charge in [-0.05, 0) is 18.2 Å². The number of nitrogens with zero attached hydrogens (tertiary/aromatic N) is 2. The molecule has 102 valence electrons. The van der Waals surface area contributed by atoms with Crippen LogP contribution >= 0.6 is 0 Å². The van der Waals surface area contributed by atoms with E-state index in [1.54, 1.807) is 6.07 Å². The predicted octanol–water partition coefficient (Wildman–Crippen LogP) is -0.0462. The van der Waals surface area contributed by atoms with Gasteiger partial charge in [0, 0.05) is 13.0 Å². The number of hydrogen-bond donors (Lipinski definition) is 3. The molecule has 1 aromatic heterocycles. The van der Waals surface area contributed by atoms with Crippen molar-refractivity contribution in [2.75, 3.05) is 17.6 Å². The minimum Gasteiger partial charge on any atom is -0.397 e. The SMILES string of the molecule is Nc1cc(S(N)(=O)=O)ccc1NCCc1ncno1. The lowest BCUT2D eigenvalue weighted by Gasteiger charge is -2.09. The highest BCUT2D eigenvalue weighted by molar-refractivity contribution is 7.89. The molecule has 0 aliphatic carbocycles. The molecule has 0 spiro atoms. The van der Waals surface area contributed by atoms with Crippen LogP contribution in [-0.4, -0.2) is 25.1 Å². The summed E-state index contributed by atoms with van der Waals surface area (Å²) in [5.74, 6) is 0.507. The average molecular weight is 283 g/mol. The number of rotatable bonds is 5. The van der Waals surface area contributed by atoms with E-state index in [0.717, 1.165) is 0 Å². The monoisotopic (exact) mass is 283 g/mol. The van der Waals surface area contributed by atoms with Gasteiger partial charge in [-0.1, -0.05) is 5.16 Å². The van der Waals surface area contributed by atoms with Gasteiger partial charge < -0.3 is 15.6 Å². The zero-order chi connectivity index (χ0) is 13.9. The quantitative estimate of drug-likeness (QED) is 0.654. The molecule has 1 heterocycles. The van der Waals surface area contributed by atoms with E-state index in [-0.39, 0.29) is 4.90 Å². The average Bonchev–Trinajstić information content (AvgIpc) is 2.83. The second kappa shape index (κ2) is 5.24. The molecular formula is C10H13N5O3S. The van der Waals surface area contributed by atoms with Crippen molar-refractivity contribution >= 4 is 21.4 Å². The Morgan fingerprint density at radius 1 is 1.37 bits per heavy atom. The molecule has 9 heteroatoms. The molecule has 0 saturated heterocycles. The molecule has 0 saturated carbocycles. The van der Waals surface area contributed by atoms with E-state index in [4.69, 9.17) is 15.4 Å². The molecule has 0 amide bonds. The highest BCUT2D eigenvalue weighted by Crippen LogP contribution is 2.21. The third-order valence-electron chi connectivity index (χ3n) is 2.41. The summed E-state index contributed by atoms with van der Waals surface area (Å²) in [7, 11) is -3.74. The highest BCUT2D eigenvalue weighted by Gasteiger charge is 2.10. The number of benzene rings is 1. The van der Waals surface area contributed by atoms with Crippen molar-refractivity contribution < 1.29 is 12.9 Å². The lowest BCUT2D eigenvalue weighted by Crippen LogP contribution is -2.13. The number of sulfonamides is 1. The van der Waals surface area contributed by atoms with Crippen molar-refractivity contribution in [3.8, 4) is 0 Å². The lowest BCUT2D eigenvalue weighted by atomic mass is 10.2. The number of anilines is 2. The topological polar surface area (TPSA) is 137 Å². The van der Waals surface area contributed by atoms with Crippen LogP contribution < -0.4 is 16.2 Å². The molecule has 2 rings (SSSR count). The maximum Gasteiger partial charge on any atom is 0.238 e. The summed E-state index contributed by atoms with van der Waals surface area (Å²) in [4.78, 5) is 3.85. The first kappa shape index (κ1) is 13.3. The van der Waals surface area contributed by atoms with Gasteiger partial charge >= 0.3 is 0 Å². The molecule has 0 atom stereocenters. The Hall–Kier alpha value is -2.13. The molecule has 0 unspecified atom stereocenters. The first-order valence-corrected chi connectivity index (χ1v) is 6.93. The summed E-state index contributed by atoms with van der Waals surface area (Å²) in [5, 5.41) is 11.5. The Balaban J connectivity index is 2.01. The number of nitrogens with one attached hydrogen (secondary N) is 1. The summed E-state index contributed by atoms with van der Waals surface area (Å²) < 4.78 is 27.1. The molecule has 1 aromatic carbocycles. The zero-order valence-electron chi connectivity index (χ0n) is 9.91. The third kappa shape index (κ3) is 3.42. The van der Waals surface area contributed by atoms with Crippen LogP contribution in [0.3, 0.4) is 0 Å². The molecule has 0 aliphatic rings. The van der Waals surface area contributed by atoms with Gasteiger partial charge in [0.25, 0.3) is 0 Å². The molecular weight excluding hydrogens is 270 g/mol. The Morgan fingerprint density at radius 2 is 2.16 bits per heavy atom. The zero-order valence-corrected chi connectivity index (χ0v) is 10.7. The van der Waals surface area contributed by atoms with Crippen LogP contribution in [-0.2, 0) is 16.4 Å². The second-order valence-corrected chi connectivity index (χ2v) is 5.37. The summed E-state index contributed by atoms with van der Waals surface area (Å²) in [6.07, 6.45) is 1.86.